The second kappa shape index (κ2) is 9.68. The molecule has 0 atom stereocenters. The number of nitrogens with zero attached hydrogens (tertiary/aromatic N) is 5. The lowest BCUT2D eigenvalue weighted by atomic mass is 10.0. The van der Waals surface area contributed by atoms with Crippen LogP contribution in [-0.4, -0.2) is 65.4 Å². The molecule has 0 bridgehead atoms. The molecule has 180 valence electrons. The first-order valence-corrected chi connectivity index (χ1v) is 11.6. The van der Waals surface area contributed by atoms with Gasteiger partial charge in [-0.15, -0.1) is 0 Å². The number of hydrogen-bond acceptors (Lipinski definition) is 8. The number of fused-ring (bicyclic) bond motifs is 1. The van der Waals surface area contributed by atoms with Crippen LogP contribution in [0.1, 0.15) is 46.4 Å². The highest BCUT2D eigenvalue weighted by Crippen LogP contribution is 2.29. The fourth-order valence-electron chi connectivity index (χ4n) is 4.51. The summed E-state index contributed by atoms with van der Waals surface area (Å²) in [5.74, 6) is 0.809. The van der Waals surface area contributed by atoms with Crippen molar-refractivity contribution in [2.45, 2.75) is 38.3 Å². The number of aldehydes is 1. The van der Waals surface area contributed by atoms with Crippen LogP contribution in [0, 0.1) is 11.3 Å². The zero-order valence-corrected chi connectivity index (χ0v) is 19.1. The number of amides is 3. The Morgan fingerprint density at radius 3 is 2.77 bits per heavy atom. The molecule has 35 heavy (non-hydrogen) atoms. The second-order valence-electron chi connectivity index (χ2n) is 8.84. The molecule has 5 rings (SSSR count). The number of carbonyl (C=O) groups excluding carboxylic acids is 3. The highest BCUT2D eigenvalue weighted by molar-refractivity contribution is 6.02. The molecule has 0 saturated carbocycles. The zero-order chi connectivity index (χ0) is 24.4. The van der Waals surface area contributed by atoms with E-state index in [1.165, 1.54) is 11.1 Å². The van der Waals surface area contributed by atoms with Crippen molar-refractivity contribution < 1.29 is 19.1 Å². The van der Waals surface area contributed by atoms with E-state index in [9.17, 15) is 19.6 Å². The average molecular weight is 476 g/mol. The molecule has 11 heteroatoms. The van der Waals surface area contributed by atoms with Crippen LogP contribution >= 0.6 is 0 Å². The first-order valence-electron chi connectivity index (χ1n) is 11.6. The first-order chi connectivity index (χ1) is 17.1. The summed E-state index contributed by atoms with van der Waals surface area (Å²) < 4.78 is 5.17. The molecule has 0 aromatic carbocycles. The standard InChI is InChI=1S/C24H25N7O4/c25-9-17-10-26-21(8-19(17)27-18-13-35-14-18)29-24(34)31-6-1-3-15-7-16(20(12-32)28-23(15)31)11-30-5-2-4-22(30)33/h7-8,10,12,18H,1-6,11,13-14H2,(H2,26,27,29,34). The quantitative estimate of drug-likeness (QED) is 0.605. The number of aromatic nitrogens is 2. The van der Waals surface area contributed by atoms with Gasteiger partial charge in [0.2, 0.25) is 5.91 Å². The summed E-state index contributed by atoms with van der Waals surface area (Å²) in [4.78, 5) is 49.0. The minimum absolute atomic E-state index is 0.0779. The lowest BCUT2D eigenvalue weighted by Gasteiger charge is -2.30. The number of pyridine rings is 2. The van der Waals surface area contributed by atoms with Crippen molar-refractivity contribution in [1.29, 1.82) is 5.26 Å². The van der Waals surface area contributed by atoms with E-state index in [0.29, 0.717) is 74.0 Å². The highest BCUT2D eigenvalue weighted by Gasteiger charge is 2.28. The molecule has 3 aliphatic rings. The zero-order valence-electron chi connectivity index (χ0n) is 19.1. The maximum absolute atomic E-state index is 13.2. The molecule has 3 aliphatic heterocycles. The Morgan fingerprint density at radius 2 is 2.09 bits per heavy atom. The number of aryl methyl sites for hydroxylation is 1. The number of ether oxygens (including phenoxy) is 1. The van der Waals surface area contributed by atoms with Gasteiger partial charge in [0.25, 0.3) is 0 Å². The molecule has 0 unspecified atom stereocenters. The molecule has 0 radical (unpaired) electrons. The Hall–Kier alpha value is -4.04. The van der Waals surface area contributed by atoms with Crippen LogP contribution in [0.5, 0.6) is 0 Å². The SMILES string of the molecule is N#Cc1cnc(NC(=O)N2CCCc3cc(CN4CCCC4=O)c(C=O)nc32)cc1NC1COC1. The summed E-state index contributed by atoms with van der Waals surface area (Å²) in [5.41, 5.74) is 2.74. The van der Waals surface area contributed by atoms with E-state index >= 15 is 0 Å². The average Bonchev–Trinajstić information content (AvgIpc) is 3.24. The van der Waals surface area contributed by atoms with Gasteiger partial charge >= 0.3 is 6.03 Å². The smallest absolute Gasteiger partial charge is 0.328 e. The Labute approximate surface area is 202 Å². The summed E-state index contributed by atoms with van der Waals surface area (Å²) in [6, 6.07) is 5.30. The largest absolute Gasteiger partial charge is 0.377 e. The van der Waals surface area contributed by atoms with Gasteiger partial charge in [-0.25, -0.2) is 14.8 Å². The van der Waals surface area contributed by atoms with Gasteiger partial charge in [-0.1, -0.05) is 0 Å². The highest BCUT2D eigenvalue weighted by atomic mass is 16.5. The van der Waals surface area contributed by atoms with Crippen LogP contribution in [0.2, 0.25) is 0 Å². The van der Waals surface area contributed by atoms with Gasteiger partial charge in [-0.3, -0.25) is 19.8 Å². The van der Waals surface area contributed by atoms with Crippen molar-refractivity contribution in [3.8, 4) is 6.07 Å². The summed E-state index contributed by atoms with van der Waals surface area (Å²) in [6.45, 7) is 2.56. The van der Waals surface area contributed by atoms with Crippen LogP contribution in [0.3, 0.4) is 0 Å². The van der Waals surface area contributed by atoms with E-state index in [2.05, 4.69) is 26.7 Å². The van der Waals surface area contributed by atoms with Crippen LogP contribution < -0.4 is 15.5 Å². The second-order valence-corrected chi connectivity index (χ2v) is 8.84. The molecule has 3 amide bonds. The molecule has 2 saturated heterocycles. The van der Waals surface area contributed by atoms with Gasteiger partial charge < -0.3 is 15.0 Å². The number of nitrogens with one attached hydrogen (secondary N) is 2. The van der Waals surface area contributed by atoms with Crippen molar-refractivity contribution in [2.75, 3.05) is 41.8 Å². The number of hydrogen-bond donors (Lipinski definition) is 2. The van der Waals surface area contributed by atoms with Crippen molar-refractivity contribution in [2.24, 2.45) is 0 Å². The van der Waals surface area contributed by atoms with E-state index in [1.807, 2.05) is 6.07 Å². The van der Waals surface area contributed by atoms with E-state index < -0.39 is 6.03 Å². The predicted molar refractivity (Wildman–Crippen MR) is 126 cm³/mol. The Kier molecular flexibility index (Phi) is 6.29. The van der Waals surface area contributed by atoms with Gasteiger partial charge in [-0.2, -0.15) is 5.26 Å². The number of likely N-dealkylation sites (tertiary alicyclic amines) is 1. The lowest BCUT2D eigenvalue weighted by Crippen LogP contribution is -2.41. The minimum atomic E-state index is -0.423. The summed E-state index contributed by atoms with van der Waals surface area (Å²) >= 11 is 0. The molecule has 5 heterocycles. The van der Waals surface area contributed by atoms with Crippen molar-refractivity contribution in [3.05, 3.63) is 40.7 Å². The number of urea groups is 1. The Bertz CT molecular complexity index is 1220. The molecular formula is C24H25N7O4. The van der Waals surface area contributed by atoms with Gasteiger partial charge in [0, 0.05) is 43.9 Å². The molecule has 2 aromatic rings. The lowest BCUT2D eigenvalue weighted by molar-refractivity contribution is -0.128. The number of carbonyl (C=O) groups is 3. The van der Waals surface area contributed by atoms with Crippen molar-refractivity contribution >= 4 is 35.5 Å². The summed E-state index contributed by atoms with van der Waals surface area (Å²) in [6.07, 6.45) is 4.88. The van der Waals surface area contributed by atoms with E-state index in [-0.39, 0.29) is 17.6 Å². The van der Waals surface area contributed by atoms with Crippen molar-refractivity contribution in [1.82, 2.24) is 14.9 Å². The molecule has 2 fully saturated rings. The van der Waals surface area contributed by atoms with E-state index in [0.717, 1.165) is 24.8 Å². The number of rotatable bonds is 6. The summed E-state index contributed by atoms with van der Waals surface area (Å²) in [5, 5.41) is 15.4. The number of nitriles is 1. The van der Waals surface area contributed by atoms with Crippen LogP contribution in [-0.2, 0) is 22.5 Å². The topological polar surface area (TPSA) is 141 Å². The fraction of sp³-hybridized carbons (Fsp3) is 0.417. The number of anilines is 3. The third-order valence-corrected chi connectivity index (χ3v) is 6.42. The Morgan fingerprint density at radius 1 is 1.26 bits per heavy atom. The van der Waals surface area contributed by atoms with E-state index in [1.54, 1.807) is 11.0 Å². The molecular weight excluding hydrogens is 450 g/mol. The molecule has 2 aromatic heterocycles. The molecule has 0 spiro atoms. The Balaban J connectivity index is 1.36. The van der Waals surface area contributed by atoms with Crippen LogP contribution in [0.15, 0.2) is 18.3 Å². The van der Waals surface area contributed by atoms with Gasteiger partial charge in [0.1, 0.15) is 23.4 Å². The molecule has 0 aliphatic carbocycles. The van der Waals surface area contributed by atoms with Gasteiger partial charge in [0.15, 0.2) is 6.29 Å². The maximum atomic E-state index is 13.2. The normalized spacial score (nSPS) is 17.4. The minimum Gasteiger partial charge on any atom is -0.377 e. The first kappa shape index (κ1) is 22.7. The third kappa shape index (κ3) is 4.65. The third-order valence-electron chi connectivity index (χ3n) is 6.42. The van der Waals surface area contributed by atoms with Crippen molar-refractivity contribution in [3.63, 3.8) is 0 Å². The van der Waals surface area contributed by atoms with Gasteiger partial charge in [-0.05, 0) is 30.9 Å². The monoisotopic (exact) mass is 475 g/mol. The molecule has 2 N–H and O–H groups in total. The fourth-order valence-corrected chi connectivity index (χ4v) is 4.51. The predicted octanol–water partition coefficient (Wildman–Crippen LogP) is 2.08. The summed E-state index contributed by atoms with van der Waals surface area (Å²) in [7, 11) is 0. The van der Waals surface area contributed by atoms with E-state index in [4.69, 9.17) is 4.74 Å². The maximum Gasteiger partial charge on any atom is 0.328 e. The van der Waals surface area contributed by atoms with Gasteiger partial charge in [0.05, 0.1) is 30.5 Å². The van der Waals surface area contributed by atoms with Crippen LogP contribution in [0.4, 0.5) is 22.1 Å². The molecule has 11 nitrogen and oxygen atoms in total. The van der Waals surface area contributed by atoms with Crippen LogP contribution in [0.25, 0.3) is 0 Å².